The van der Waals surface area contributed by atoms with Crippen LogP contribution in [0.25, 0.3) is 0 Å². The summed E-state index contributed by atoms with van der Waals surface area (Å²) in [5.74, 6) is -3.01. The summed E-state index contributed by atoms with van der Waals surface area (Å²) in [4.78, 5) is 22.3. The second-order valence-corrected chi connectivity index (χ2v) is 6.97. The molecular formula is C12H23NO5S. The fourth-order valence-electron chi connectivity index (χ4n) is 1.48. The zero-order valence-electron chi connectivity index (χ0n) is 11.7. The monoisotopic (exact) mass is 293 g/mol. The summed E-state index contributed by atoms with van der Waals surface area (Å²) in [6.45, 7) is 4.97. The van der Waals surface area contributed by atoms with Gasteiger partial charge in [0, 0.05) is 6.04 Å². The molecule has 6 nitrogen and oxygen atoms in total. The van der Waals surface area contributed by atoms with E-state index in [1.807, 2.05) is 6.92 Å². The van der Waals surface area contributed by atoms with E-state index in [2.05, 4.69) is 5.32 Å². The van der Waals surface area contributed by atoms with Crippen molar-refractivity contribution < 1.29 is 23.1 Å². The molecule has 0 bridgehead atoms. The first-order valence-corrected chi connectivity index (χ1v) is 8.24. The number of carboxylic acids is 1. The molecular weight excluding hydrogens is 270 g/mol. The van der Waals surface area contributed by atoms with E-state index in [0.29, 0.717) is 6.42 Å². The molecule has 7 heteroatoms. The Labute approximate surface area is 114 Å². The average Bonchev–Trinajstić information content (AvgIpc) is 2.26. The molecule has 0 saturated heterocycles. The highest BCUT2D eigenvalue weighted by Crippen LogP contribution is 2.04. The van der Waals surface area contributed by atoms with E-state index in [1.165, 1.54) is 6.92 Å². The van der Waals surface area contributed by atoms with Crippen LogP contribution in [0.2, 0.25) is 0 Å². The number of nitrogens with one attached hydrogen (secondary N) is 1. The van der Waals surface area contributed by atoms with Gasteiger partial charge < -0.3 is 10.4 Å². The van der Waals surface area contributed by atoms with Crippen LogP contribution >= 0.6 is 0 Å². The number of amides is 1. The maximum absolute atomic E-state index is 11.6. The Morgan fingerprint density at radius 2 is 1.79 bits per heavy atom. The topological polar surface area (TPSA) is 101 Å². The van der Waals surface area contributed by atoms with Crippen molar-refractivity contribution in [3.05, 3.63) is 0 Å². The third-order valence-electron chi connectivity index (χ3n) is 2.94. The minimum atomic E-state index is -3.40. The first-order valence-electron chi connectivity index (χ1n) is 6.42. The van der Waals surface area contributed by atoms with E-state index < -0.39 is 39.4 Å². The minimum absolute atomic E-state index is 0.00285. The molecule has 0 aromatic rings. The van der Waals surface area contributed by atoms with Crippen LogP contribution in [-0.4, -0.2) is 42.9 Å². The molecule has 0 aromatic carbocycles. The molecule has 2 N–H and O–H groups in total. The molecule has 112 valence electrons. The van der Waals surface area contributed by atoms with E-state index >= 15 is 0 Å². The molecule has 0 saturated carbocycles. The lowest BCUT2D eigenvalue weighted by molar-refractivity contribution is -0.142. The van der Waals surface area contributed by atoms with Crippen LogP contribution in [0, 0.1) is 5.92 Å². The fourth-order valence-corrected chi connectivity index (χ4v) is 2.75. The number of carbonyl (C=O) groups is 2. The Kier molecular flexibility index (Phi) is 7.66. The largest absolute Gasteiger partial charge is 0.481 e. The number of carbonyl (C=O) groups excluding carboxylic acids is 1. The highest BCUT2D eigenvalue weighted by molar-refractivity contribution is 7.92. The smallest absolute Gasteiger partial charge is 0.308 e. The first-order chi connectivity index (χ1) is 8.69. The lowest BCUT2D eigenvalue weighted by atomic mass is 10.0. The van der Waals surface area contributed by atoms with Gasteiger partial charge in [-0.15, -0.1) is 0 Å². The van der Waals surface area contributed by atoms with Crippen LogP contribution in [0.5, 0.6) is 0 Å². The Morgan fingerprint density at radius 3 is 2.26 bits per heavy atom. The quantitative estimate of drug-likeness (QED) is 0.613. The first kappa shape index (κ1) is 17.9. The summed E-state index contributed by atoms with van der Waals surface area (Å²) in [6.07, 6.45) is 2.27. The van der Waals surface area contributed by atoms with E-state index in [1.54, 1.807) is 6.92 Å². The molecule has 0 fully saturated rings. The summed E-state index contributed by atoms with van der Waals surface area (Å²) in [6, 6.07) is -0.601. The van der Waals surface area contributed by atoms with Gasteiger partial charge in [0.1, 0.15) is 5.75 Å². The summed E-state index contributed by atoms with van der Waals surface area (Å²) < 4.78 is 23.2. The van der Waals surface area contributed by atoms with E-state index in [-0.39, 0.29) is 5.75 Å². The highest BCUT2D eigenvalue weighted by Gasteiger charge is 2.23. The van der Waals surface area contributed by atoms with Gasteiger partial charge in [-0.2, -0.15) is 0 Å². The molecule has 0 heterocycles. The Balaban J connectivity index is 4.27. The Bertz CT molecular complexity index is 404. The van der Waals surface area contributed by atoms with E-state index in [0.717, 1.165) is 12.8 Å². The van der Waals surface area contributed by atoms with Gasteiger partial charge in [-0.25, -0.2) is 8.42 Å². The lowest BCUT2D eigenvalue weighted by Gasteiger charge is -2.17. The van der Waals surface area contributed by atoms with Crippen molar-refractivity contribution in [1.29, 1.82) is 0 Å². The fraction of sp³-hybridized carbons (Fsp3) is 0.833. The molecule has 0 aliphatic carbocycles. The predicted octanol–water partition coefficient (Wildman–Crippen LogP) is 0.817. The van der Waals surface area contributed by atoms with Crippen molar-refractivity contribution in [2.45, 2.75) is 46.1 Å². The summed E-state index contributed by atoms with van der Waals surface area (Å²) >= 11 is 0. The molecule has 1 amide bonds. The number of hydrogen-bond donors (Lipinski definition) is 2. The summed E-state index contributed by atoms with van der Waals surface area (Å²) in [7, 11) is -3.40. The van der Waals surface area contributed by atoms with Crippen LogP contribution in [-0.2, 0) is 19.4 Å². The Hall–Kier alpha value is -1.11. The van der Waals surface area contributed by atoms with E-state index in [9.17, 15) is 18.0 Å². The third-order valence-corrected chi connectivity index (χ3v) is 4.55. The van der Waals surface area contributed by atoms with Crippen LogP contribution in [0.4, 0.5) is 0 Å². The highest BCUT2D eigenvalue weighted by atomic mass is 32.2. The van der Waals surface area contributed by atoms with Gasteiger partial charge >= 0.3 is 5.97 Å². The number of aliphatic carboxylic acids is 1. The summed E-state index contributed by atoms with van der Waals surface area (Å²) in [5, 5.41) is 11.2. The zero-order chi connectivity index (χ0) is 15.1. The van der Waals surface area contributed by atoms with Crippen molar-refractivity contribution in [3.63, 3.8) is 0 Å². The van der Waals surface area contributed by atoms with Crippen molar-refractivity contribution in [2.75, 3.05) is 11.5 Å². The molecule has 2 atom stereocenters. The van der Waals surface area contributed by atoms with Crippen molar-refractivity contribution in [3.8, 4) is 0 Å². The molecule has 0 aromatic heterocycles. The minimum Gasteiger partial charge on any atom is -0.481 e. The SMILES string of the molecule is CCCCCS(=O)(=O)CC(=O)NC(C)C(C)C(=O)O. The summed E-state index contributed by atoms with van der Waals surface area (Å²) in [5.41, 5.74) is 0. The molecule has 0 rings (SSSR count). The second kappa shape index (κ2) is 8.14. The van der Waals surface area contributed by atoms with Crippen LogP contribution in [0.15, 0.2) is 0 Å². The van der Waals surface area contributed by atoms with Crippen molar-refractivity contribution in [2.24, 2.45) is 5.92 Å². The van der Waals surface area contributed by atoms with Gasteiger partial charge in [0.2, 0.25) is 5.91 Å². The van der Waals surface area contributed by atoms with Gasteiger partial charge in [0.25, 0.3) is 0 Å². The average molecular weight is 293 g/mol. The molecule has 0 aliphatic rings. The molecule has 0 spiro atoms. The maximum atomic E-state index is 11.6. The van der Waals surface area contributed by atoms with Crippen molar-refractivity contribution in [1.82, 2.24) is 5.32 Å². The third kappa shape index (κ3) is 7.81. The molecule has 0 radical (unpaired) electrons. The second-order valence-electron chi connectivity index (χ2n) is 4.78. The maximum Gasteiger partial charge on any atom is 0.308 e. The van der Waals surface area contributed by atoms with Gasteiger partial charge in [0.05, 0.1) is 11.7 Å². The number of carboxylic acid groups (broad SMARTS) is 1. The van der Waals surface area contributed by atoms with Gasteiger partial charge in [-0.05, 0) is 20.3 Å². The number of unbranched alkanes of at least 4 members (excludes halogenated alkanes) is 2. The number of rotatable bonds is 9. The van der Waals surface area contributed by atoms with Crippen LogP contribution in [0.3, 0.4) is 0 Å². The van der Waals surface area contributed by atoms with Crippen molar-refractivity contribution >= 4 is 21.7 Å². The van der Waals surface area contributed by atoms with Gasteiger partial charge in [-0.3, -0.25) is 9.59 Å². The standard InChI is InChI=1S/C12H23NO5S/c1-4-5-6-7-19(17,18)8-11(14)13-10(3)9(2)12(15)16/h9-10H,4-8H2,1-3H3,(H,13,14)(H,15,16). The molecule has 19 heavy (non-hydrogen) atoms. The predicted molar refractivity (Wildman–Crippen MR) is 72.6 cm³/mol. The molecule has 0 aliphatic heterocycles. The zero-order valence-corrected chi connectivity index (χ0v) is 12.5. The lowest BCUT2D eigenvalue weighted by Crippen LogP contribution is -2.42. The van der Waals surface area contributed by atoms with Crippen LogP contribution < -0.4 is 5.32 Å². The van der Waals surface area contributed by atoms with E-state index in [4.69, 9.17) is 5.11 Å². The van der Waals surface area contributed by atoms with Gasteiger partial charge in [-0.1, -0.05) is 19.8 Å². The Morgan fingerprint density at radius 1 is 1.21 bits per heavy atom. The number of sulfone groups is 1. The normalized spacial score (nSPS) is 14.7. The van der Waals surface area contributed by atoms with Crippen LogP contribution in [0.1, 0.15) is 40.0 Å². The van der Waals surface area contributed by atoms with Gasteiger partial charge in [0.15, 0.2) is 9.84 Å². The number of hydrogen-bond acceptors (Lipinski definition) is 4. The molecule has 2 unspecified atom stereocenters.